The first kappa shape index (κ1) is 18.1. The number of halogens is 1. The van der Waals surface area contributed by atoms with Gasteiger partial charge in [-0.15, -0.1) is 0 Å². The van der Waals surface area contributed by atoms with Crippen LogP contribution in [0.1, 0.15) is 35.8 Å². The van der Waals surface area contributed by atoms with E-state index >= 15 is 0 Å². The van der Waals surface area contributed by atoms with Gasteiger partial charge in [0, 0.05) is 12.0 Å². The quantitative estimate of drug-likeness (QED) is 0.640. The number of benzene rings is 1. The zero-order valence-electron chi connectivity index (χ0n) is 13.5. The van der Waals surface area contributed by atoms with Gasteiger partial charge in [0.25, 0.3) is 0 Å². The molecule has 2 rings (SSSR count). The molecule has 0 amide bonds. The maximum absolute atomic E-state index is 14.0. The summed E-state index contributed by atoms with van der Waals surface area (Å²) in [4.78, 5) is 27.6. The van der Waals surface area contributed by atoms with Crippen molar-refractivity contribution in [3.63, 3.8) is 0 Å². The fraction of sp³-hybridized carbons (Fsp3) is 0.222. The molecule has 0 radical (unpaired) electrons. The van der Waals surface area contributed by atoms with Crippen LogP contribution < -0.4 is 0 Å². The van der Waals surface area contributed by atoms with E-state index in [1.54, 1.807) is 19.1 Å². The molecule has 6 nitrogen and oxygen atoms in total. The van der Waals surface area contributed by atoms with Crippen LogP contribution in [0, 0.1) is 17.1 Å². The molecule has 0 fully saturated rings. The van der Waals surface area contributed by atoms with Crippen molar-refractivity contribution >= 4 is 11.8 Å². The van der Waals surface area contributed by atoms with Gasteiger partial charge in [-0.1, -0.05) is 12.1 Å². The summed E-state index contributed by atoms with van der Waals surface area (Å²) in [7, 11) is 0. The molecule has 0 atom stereocenters. The number of ether oxygens (including phenoxy) is 1. The van der Waals surface area contributed by atoms with Crippen LogP contribution in [0.3, 0.4) is 0 Å². The van der Waals surface area contributed by atoms with Gasteiger partial charge in [-0.05, 0) is 25.1 Å². The topological polar surface area (TPSA) is 100 Å². The molecule has 1 aromatic heterocycles. The van der Waals surface area contributed by atoms with E-state index in [0.717, 1.165) is 0 Å². The number of carbonyl (C=O) groups is 2. The molecule has 1 aromatic carbocycles. The largest absolute Gasteiger partial charge is 0.504 e. The van der Waals surface area contributed by atoms with Crippen LogP contribution in [0.15, 0.2) is 30.3 Å². The molecule has 0 saturated heterocycles. The van der Waals surface area contributed by atoms with E-state index in [9.17, 15) is 19.1 Å². The normalized spacial score (nSPS) is 10.1. The lowest BCUT2D eigenvalue weighted by atomic mass is 10.0. The highest BCUT2D eigenvalue weighted by atomic mass is 19.1. The van der Waals surface area contributed by atoms with E-state index in [2.05, 4.69) is 4.98 Å². The maximum atomic E-state index is 14.0. The van der Waals surface area contributed by atoms with Gasteiger partial charge in [-0.3, -0.25) is 9.59 Å². The first-order valence-electron chi connectivity index (χ1n) is 7.55. The van der Waals surface area contributed by atoms with Crippen LogP contribution in [-0.4, -0.2) is 28.4 Å². The Bertz CT molecular complexity index is 859. The number of esters is 1. The van der Waals surface area contributed by atoms with Crippen molar-refractivity contribution in [3.05, 3.63) is 47.4 Å². The summed E-state index contributed by atoms with van der Waals surface area (Å²) in [5, 5.41) is 19.2. The highest BCUT2D eigenvalue weighted by molar-refractivity contribution is 5.99. The lowest BCUT2D eigenvalue weighted by Crippen LogP contribution is -2.10. The van der Waals surface area contributed by atoms with Crippen LogP contribution >= 0.6 is 0 Å². The summed E-state index contributed by atoms with van der Waals surface area (Å²) < 4.78 is 18.7. The molecule has 128 valence electrons. The van der Waals surface area contributed by atoms with Crippen LogP contribution in [0.4, 0.5) is 4.39 Å². The average molecular weight is 342 g/mol. The summed E-state index contributed by atoms with van der Waals surface area (Å²) >= 11 is 0. The summed E-state index contributed by atoms with van der Waals surface area (Å²) in [5.41, 5.74) is -0.431. The van der Waals surface area contributed by atoms with Gasteiger partial charge < -0.3 is 9.84 Å². The lowest BCUT2D eigenvalue weighted by molar-refractivity contribution is -0.143. The monoisotopic (exact) mass is 342 g/mol. The molecule has 0 unspecified atom stereocenters. The molecule has 0 saturated carbocycles. The number of hydrogen-bond acceptors (Lipinski definition) is 6. The summed E-state index contributed by atoms with van der Waals surface area (Å²) in [6.07, 6.45) is -0.426. The van der Waals surface area contributed by atoms with Crippen molar-refractivity contribution in [1.82, 2.24) is 4.98 Å². The van der Waals surface area contributed by atoms with E-state index in [1.807, 2.05) is 0 Å². The maximum Gasteiger partial charge on any atom is 0.306 e. The summed E-state index contributed by atoms with van der Waals surface area (Å²) in [5.74, 6) is -2.35. The van der Waals surface area contributed by atoms with Crippen molar-refractivity contribution in [2.45, 2.75) is 19.8 Å². The summed E-state index contributed by atoms with van der Waals surface area (Å²) in [6, 6.07) is 8.70. The number of aromatic hydroxyl groups is 1. The molecule has 1 heterocycles. The first-order chi connectivity index (χ1) is 12.0. The zero-order valence-corrected chi connectivity index (χ0v) is 13.5. The van der Waals surface area contributed by atoms with Crippen molar-refractivity contribution in [2.75, 3.05) is 6.61 Å². The molecule has 7 heteroatoms. The van der Waals surface area contributed by atoms with Gasteiger partial charge in [-0.25, -0.2) is 9.37 Å². The number of aromatic nitrogens is 1. The number of carbonyl (C=O) groups excluding carboxylic acids is 2. The minimum atomic E-state index is -0.639. The second kappa shape index (κ2) is 8.02. The summed E-state index contributed by atoms with van der Waals surface area (Å²) in [6.45, 7) is 1.84. The van der Waals surface area contributed by atoms with Gasteiger partial charge in [0.15, 0.2) is 11.5 Å². The van der Waals surface area contributed by atoms with Gasteiger partial charge in [0.1, 0.15) is 17.6 Å². The Labute approximate surface area is 143 Å². The third-order valence-corrected chi connectivity index (χ3v) is 3.39. The number of nitriles is 1. The SMILES string of the molecule is CCOC(=O)CCC(=O)c1nc(-c2ccccc2F)cc(C#N)c1O. The fourth-order valence-corrected chi connectivity index (χ4v) is 2.19. The molecule has 0 bridgehead atoms. The minimum Gasteiger partial charge on any atom is -0.504 e. The highest BCUT2D eigenvalue weighted by Gasteiger charge is 2.21. The molecule has 0 aliphatic carbocycles. The smallest absolute Gasteiger partial charge is 0.306 e. The molecular weight excluding hydrogens is 327 g/mol. The standard InChI is InChI=1S/C18H15FN2O4/c1-2-25-16(23)8-7-15(22)17-18(24)11(10-20)9-14(21-17)12-5-3-4-6-13(12)19/h3-6,9,24H,2,7-8H2,1H3. The van der Waals surface area contributed by atoms with E-state index in [1.165, 1.54) is 24.3 Å². The van der Waals surface area contributed by atoms with Crippen molar-refractivity contribution in [2.24, 2.45) is 0 Å². The molecule has 25 heavy (non-hydrogen) atoms. The highest BCUT2D eigenvalue weighted by Crippen LogP contribution is 2.29. The second-order valence-corrected chi connectivity index (χ2v) is 5.07. The Hall–Kier alpha value is -3.27. The predicted molar refractivity (Wildman–Crippen MR) is 86.2 cm³/mol. The van der Waals surface area contributed by atoms with Crippen LogP contribution in [-0.2, 0) is 9.53 Å². The number of ketones is 1. The Kier molecular flexibility index (Phi) is 5.79. The minimum absolute atomic E-state index is 0.0481. The van der Waals surface area contributed by atoms with Crippen molar-refractivity contribution in [3.8, 4) is 23.1 Å². The van der Waals surface area contributed by atoms with Crippen LogP contribution in [0.2, 0.25) is 0 Å². The van der Waals surface area contributed by atoms with Crippen molar-refractivity contribution in [1.29, 1.82) is 5.26 Å². The molecule has 1 N–H and O–H groups in total. The van der Waals surface area contributed by atoms with Crippen LogP contribution in [0.25, 0.3) is 11.3 Å². The number of hydrogen-bond donors (Lipinski definition) is 1. The Balaban J connectivity index is 2.39. The lowest BCUT2D eigenvalue weighted by Gasteiger charge is -2.09. The van der Waals surface area contributed by atoms with Gasteiger partial charge in [-0.2, -0.15) is 5.26 Å². The molecule has 0 aliphatic heterocycles. The van der Waals surface area contributed by atoms with E-state index in [4.69, 9.17) is 10.00 Å². The third kappa shape index (κ3) is 4.18. The van der Waals surface area contributed by atoms with Gasteiger partial charge >= 0.3 is 5.97 Å². The van der Waals surface area contributed by atoms with Crippen molar-refractivity contribution < 1.29 is 23.8 Å². The Morgan fingerprint density at radius 2 is 2.04 bits per heavy atom. The molecule has 0 aliphatic rings. The van der Waals surface area contributed by atoms with Crippen LogP contribution in [0.5, 0.6) is 5.75 Å². The zero-order chi connectivity index (χ0) is 18.4. The average Bonchev–Trinajstić information content (AvgIpc) is 2.60. The second-order valence-electron chi connectivity index (χ2n) is 5.07. The molecular formula is C18H15FN2O4. The number of Topliss-reactive ketones (excluding diaryl/α,β-unsaturated/α-hetero) is 1. The Morgan fingerprint density at radius 3 is 2.68 bits per heavy atom. The van der Waals surface area contributed by atoms with E-state index < -0.39 is 23.3 Å². The third-order valence-electron chi connectivity index (χ3n) is 3.39. The van der Waals surface area contributed by atoms with Gasteiger partial charge in [0.2, 0.25) is 0 Å². The van der Waals surface area contributed by atoms with Gasteiger partial charge in [0.05, 0.1) is 24.3 Å². The number of pyridine rings is 1. The number of rotatable bonds is 6. The predicted octanol–water partition coefficient (Wildman–Crippen LogP) is 2.99. The molecule has 0 spiro atoms. The first-order valence-corrected chi connectivity index (χ1v) is 7.55. The van der Waals surface area contributed by atoms with E-state index in [0.29, 0.717) is 0 Å². The number of nitrogens with zero attached hydrogens (tertiary/aromatic N) is 2. The Morgan fingerprint density at radius 1 is 1.32 bits per heavy atom. The molecule has 2 aromatic rings. The van der Waals surface area contributed by atoms with E-state index in [-0.39, 0.29) is 42.0 Å². The fourth-order valence-electron chi connectivity index (χ4n) is 2.19.